The molecule has 0 N–H and O–H groups in total. The summed E-state index contributed by atoms with van der Waals surface area (Å²) in [5.41, 5.74) is 13.5. The summed E-state index contributed by atoms with van der Waals surface area (Å²) in [6.45, 7) is 0. The number of hydrogen-bond donors (Lipinski definition) is 0. The van der Waals surface area contributed by atoms with Crippen molar-refractivity contribution in [1.29, 1.82) is 0 Å². The van der Waals surface area contributed by atoms with Crippen LogP contribution in [0.25, 0.3) is 54.8 Å². The van der Waals surface area contributed by atoms with Crippen LogP contribution in [-0.4, -0.2) is 9.13 Å². The molecule has 0 amide bonds. The lowest BCUT2D eigenvalue weighted by molar-refractivity contribution is 1.05. The molecule has 8 aromatic carbocycles. The lowest BCUT2D eigenvalue weighted by Crippen LogP contribution is -2.14. The molecule has 0 aliphatic heterocycles. The van der Waals surface area contributed by atoms with Crippen molar-refractivity contribution in [2.75, 3.05) is 9.80 Å². The molecule has 0 saturated carbocycles. The first kappa shape index (κ1) is 39.5. The van der Waals surface area contributed by atoms with Gasteiger partial charge >= 0.3 is 0 Å². The van der Waals surface area contributed by atoms with E-state index in [-0.39, 0.29) is 0 Å². The number of rotatable bonds is 12. The summed E-state index contributed by atoms with van der Waals surface area (Å²) in [5.74, 6) is 2.12. The molecule has 4 nitrogen and oxygen atoms in total. The van der Waals surface area contributed by atoms with Gasteiger partial charge in [0.25, 0.3) is 0 Å². The first-order valence-corrected chi connectivity index (χ1v) is 22.7. The zero-order valence-corrected chi connectivity index (χ0v) is 36.4. The number of para-hydroxylation sites is 4. The van der Waals surface area contributed by atoms with E-state index in [4.69, 9.17) is 0 Å². The van der Waals surface area contributed by atoms with Gasteiger partial charge < -0.3 is 0 Å². The maximum atomic E-state index is 2.36. The number of nitrogens with zero attached hydrogens (tertiary/aromatic N) is 4. The smallest absolute Gasteiger partial charge is 0.122 e. The predicted octanol–water partition coefficient (Wildman–Crippen LogP) is 16.9. The average Bonchev–Trinajstić information content (AvgIpc) is 4.17. The summed E-state index contributed by atoms with van der Waals surface area (Å²) in [7, 11) is 0. The summed E-state index contributed by atoms with van der Waals surface area (Å²) in [4.78, 5) is 7.15. The normalized spacial score (nSPS) is 11.1. The van der Waals surface area contributed by atoms with Crippen LogP contribution in [0.5, 0.6) is 0 Å². The Morgan fingerprint density at radius 3 is 0.908 bits per heavy atom. The minimum Gasteiger partial charge on any atom is -0.296 e. The topological polar surface area (TPSA) is 16.3 Å². The van der Waals surface area contributed by atoms with Crippen LogP contribution < -0.4 is 9.80 Å². The molecular formula is C60H44N4S. The zero-order chi connectivity index (χ0) is 43.4. The molecule has 0 aliphatic carbocycles. The summed E-state index contributed by atoms with van der Waals surface area (Å²) in [5, 5.41) is 0. The largest absolute Gasteiger partial charge is 0.296 e. The van der Waals surface area contributed by atoms with Crippen LogP contribution in [0.2, 0.25) is 0 Å². The Bertz CT molecular complexity index is 3050. The number of thiophene rings is 1. The van der Waals surface area contributed by atoms with Gasteiger partial charge in [-0.2, -0.15) is 0 Å². The lowest BCUT2D eigenvalue weighted by atomic mass is 10.1. The van der Waals surface area contributed by atoms with Gasteiger partial charge in [-0.1, -0.05) is 158 Å². The van der Waals surface area contributed by atoms with Crippen molar-refractivity contribution in [3.8, 4) is 54.8 Å². The molecule has 0 fully saturated rings. The van der Waals surface area contributed by atoms with E-state index in [0.29, 0.717) is 0 Å². The van der Waals surface area contributed by atoms with Crippen LogP contribution in [0.1, 0.15) is 0 Å². The first-order chi connectivity index (χ1) is 32.3. The summed E-state index contributed by atoms with van der Waals surface area (Å²) < 4.78 is 4.71. The minimum atomic E-state index is 1.06. The SMILES string of the molecule is c1ccc(-c2ccc(N(c3ccccc3)c3ccc(-c4ccc(-c5ccc(N(c6ccccc6)c6ccc(-c7ccccc7)n6-c6ccccc6)cc5)s4)cc3)n2-c2ccccc2)cc1. The van der Waals surface area contributed by atoms with Crippen molar-refractivity contribution in [3.63, 3.8) is 0 Å². The second kappa shape index (κ2) is 17.8. The molecule has 3 heterocycles. The van der Waals surface area contributed by atoms with Gasteiger partial charge in [-0.3, -0.25) is 18.9 Å². The van der Waals surface area contributed by atoms with E-state index in [9.17, 15) is 0 Å². The second-order valence-corrected chi connectivity index (χ2v) is 16.9. The fourth-order valence-electron chi connectivity index (χ4n) is 8.75. The molecule has 310 valence electrons. The van der Waals surface area contributed by atoms with Crippen molar-refractivity contribution < 1.29 is 0 Å². The molecule has 0 bridgehead atoms. The van der Waals surface area contributed by atoms with Gasteiger partial charge in [-0.05, 0) is 131 Å². The molecule has 0 radical (unpaired) electrons. The Hall–Kier alpha value is -8.38. The first-order valence-electron chi connectivity index (χ1n) is 21.9. The highest BCUT2D eigenvalue weighted by molar-refractivity contribution is 7.18. The van der Waals surface area contributed by atoms with E-state index in [0.717, 1.165) is 57.1 Å². The highest BCUT2D eigenvalue weighted by Gasteiger charge is 2.23. The Morgan fingerprint density at radius 2 is 0.554 bits per heavy atom. The molecule has 3 aromatic heterocycles. The van der Waals surface area contributed by atoms with Crippen molar-refractivity contribution in [3.05, 3.63) is 267 Å². The van der Waals surface area contributed by atoms with Crippen LogP contribution in [0, 0.1) is 0 Å². The summed E-state index contributed by atoms with van der Waals surface area (Å²) >= 11 is 1.82. The van der Waals surface area contributed by atoms with E-state index in [1.54, 1.807) is 0 Å². The zero-order valence-electron chi connectivity index (χ0n) is 35.6. The third kappa shape index (κ3) is 7.86. The van der Waals surface area contributed by atoms with Gasteiger partial charge in [-0.25, -0.2) is 0 Å². The molecule has 5 heteroatoms. The molecular weight excluding hydrogens is 809 g/mol. The Labute approximate surface area is 384 Å². The van der Waals surface area contributed by atoms with E-state index in [1.165, 1.54) is 32.0 Å². The van der Waals surface area contributed by atoms with Crippen LogP contribution >= 0.6 is 11.3 Å². The highest BCUT2D eigenvalue weighted by Crippen LogP contribution is 2.44. The second-order valence-electron chi connectivity index (χ2n) is 15.8. The van der Waals surface area contributed by atoms with Crippen LogP contribution in [0.3, 0.4) is 0 Å². The van der Waals surface area contributed by atoms with Crippen molar-refractivity contribution >= 4 is 45.7 Å². The summed E-state index contributed by atoms with van der Waals surface area (Å²) in [6.07, 6.45) is 0. The van der Waals surface area contributed by atoms with Gasteiger partial charge in [-0.15, -0.1) is 11.3 Å². The van der Waals surface area contributed by atoms with E-state index >= 15 is 0 Å². The minimum absolute atomic E-state index is 1.06. The molecule has 0 spiro atoms. The van der Waals surface area contributed by atoms with E-state index in [1.807, 2.05) is 11.3 Å². The Balaban J connectivity index is 0.919. The predicted molar refractivity (Wildman–Crippen MR) is 274 cm³/mol. The van der Waals surface area contributed by atoms with Crippen LogP contribution in [0.15, 0.2) is 267 Å². The Morgan fingerprint density at radius 1 is 0.246 bits per heavy atom. The molecule has 0 aliphatic rings. The molecule has 0 saturated heterocycles. The quantitative estimate of drug-likeness (QED) is 0.122. The van der Waals surface area contributed by atoms with Gasteiger partial charge in [0.05, 0.1) is 11.4 Å². The van der Waals surface area contributed by atoms with Gasteiger partial charge in [0, 0.05) is 43.9 Å². The lowest BCUT2D eigenvalue weighted by Gasteiger charge is -2.27. The van der Waals surface area contributed by atoms with Crippen LogP contribution in [-0.2, 0) is 0 Å². The average molecular weight is 853 g/mol. The monoisotopic (exact) mass is 852 g/mol. The Kier molecular flexibility index (Phi) is 10.8. The molecule has 11 rings (SSSR count). The fourth-order valence-corrected chi connectivity index (χ4v) is 9.76. The number of aromatic nitrogens is 2. The van der Waals surface area contributed by atoms with Gasteiger partial charge in [0.2, 0.25) is 0 Å². The van der Waals surface area contributed by atoms with Gasteiger partial charge in [0.1, 0.15) is 11.6 Å². The molecule has 11 aromatic rings. The molecule has 65 heavy (non-hydrogen) atoms. The number of benzene rings is 8. The maximum Gasteiger partial charge on any atom is 0.122 e. The van der Waals surface area contributed by atoms with Gasteiger partial charge in [0.15, 0.2) is 0 Å². The van der Waals surface area contributed by atoms with Crippen molar-refractivity contribution in [1.82, 2.24) is 9.13 Å². The van der Waals surface area contributed by atoms with E-state index in [2.05, 4.69) is 286 Å². The fraction of sp³-hybridized carbons (Fsp3) is 0. The molecule has 0 unspecified atom stereocenters. The third-order valence-corrected chi connectivity index (χ3v) is 13.0. The van der Waals surface area contributed by atoms with E-state index < -0.39 is 0 Å². The highest BCUT2D eigenvalue weighted by atomic mass is 32.1. The van der Waals surface area contributed by atoms with Crippen molar-refractivity contribution in [2.45, 2.75) is 0 Å². The molecule has 0 atom stereocenters. The standard InChI is InChI=1S/C60H44N4S/c1-7-19-45(20-8-1)55-39-43-59(63(55)51-27-15-5-16-28-51)61(49-23-11-3-12-24-49)53-35-31-47(32-36-53)57-41-42-58(65-57)48-33-37-54(38-34-48)62(50-25-13-4-14-26-50)60-44-40-56(46-21-9-2-10-22-46)64(60)52-29-17-6-18-30-52/h1-44H. The van der Waals surface area contributed by atoms with Crippen LogP contribution in [0.4, 0.5) is 34.4 Å². The number of hydrogen-bond acceptors (Lipinski definition) is 3. The number of anilines is 6. The third-order valence-electron chi connectivity index (χ3n) is 11.8. The summed E-state index contributed by atoms with van der Waals surface area (Å²) in [6, 6.07) is 95.2. The maximum absolute atomic E-state index is 2.36. The van der Waals surface area contributed by atoms with Crippen molar-refractivity contribution in [2.24, 2.45) is 0 Å².